The van der Waals surface area contributed by atoms with Gasteiger partial charge in [-0.05, 0) is 23.4 Å². The van der Waals surface area contributed by atoms with Gasteiger partial charge in [0.25, 0.3) is 0 Å². The van der Waals surface area contributed by atoms with Gasteiger partial charge in [0, 0.05) is 23.8 Å². The van der Waals surface area contributed by atoms with Gasteiger partial charge in [-0.1, -0.05) is 38.2 Å². The van der Waals surface area contributed by atoms with Crippen molar-refractivity contribution in [1.29, 1.82) is 0 Å². The zero-order chi connectivity index (χ0) is 14.7. The van der Waals surface area contributed by atoms with Crippen molar-refractivity contribution in [1.82, 2.24) is 9.88 Å². The van der Waals surface area contributed by atoms with E-state index in [1.807, 2.05) is 35.0 Å². The molecule has 1 aromatic heterocycles. The van der Waals surface area contributed by atoms with E-state index in [-0.39, 0.29) is 5.91 Å². The van der Waals surface area contributed by atoms with Crippen LogP contribution in [-0.2, 0) is 11.3 Å². The summed E-state index contributed by atoms with van der Waals surface area (Å²) in [5.41, 5.74) is 7.43. The van der Waals surface area contributed by atoms with Gasteiger partial charge in [-0.3, -0.25) is 4.79 Å². The highest BCUT2D eigenvalue weighted by atomic mass is 32.1. The summed E-state index contributed by atoms with van der Waals surface area (Å²) in [7, 11) is 0. The number of aromatic nitrogens is 1. The van der Waals surface area contributed by atoms with E-state index in [0.29, 0.717) is 24.0 Å². The Morgan fingerprint density at radius 1 is 1.40 bits per heavy atom. The first-order valence-electron chi connectivity index (χ1n) is 6.63. The number of hydrogen-bond donors (Lipinski definition) is 2. The minimum atomic E-state index is 0.0110. The van der Waals surface area contributed by atoms with Crippen LogP contribution < -0.4 is 11.1 Å². The normalized spacial score (nSPS) is 10.9. The molecule has 0 atom stereocenters. The predicted molar refractivity (Wildman–Crippen MR) is 85.7 cm³/mol. The molecule has 0 spiro atoms. The molecule has 106 valence electrons. The van der Waals surface area contributed by atoms with Gasteiger partial charge in [0.2, 0.25) is 5.91 Å². The molecule has 1 heterocycles. The van der Waals surface area contributed by atoms with Crippen molar-refractivity contribution in [2.45, 2.75) is 20.4 Å². The summed E-state index contributed by atoms with van der Waals surface area (Å²) < 4.78 is 1.91. The van der Waals surface area contributed by atoms with Crippen molar-refractivity contribution in [2.24, 2.45) is 11.7 Å². The number of carbonyl (C=O) groups is 1. The van der Waals surface area contributed by atoms with Crippen molar-refractivity contribution in [3.8, 4) is 0 Å². The van der Waals surface area contributed by atoms with Crippen molar-refractivity contribution in [3.05, 3.63) is 36.0 Å². The molecule has 1 aromatic carbocycles. The maximum absolute atomic E-state index is 11.9. The van der Waals surface area contributed by atoms with Crippen molar-refractivity contribution < 1.29 is 4.79 Å². The van der Waals surface area contributed by atoms with E-state index in [2.05, 4.69) is 19.2 Å². The lowest BCUT2D eigenvalue weighted by Crippen LogP contribution is -2.30. The molecule has 0 saturated carbocycles. The first-order valence-corrected chi connectivity index (χ1v) is 7.03. The molecule has 1 amide bonds. The van der Waals surface area contributed by atoms with Crippen LogP contribution in [0.4, 0.5) is 0 Å². The second kappa shape index (κ2) is 6.05. The van der Waals surface area contributed by atoms with Crippen LogP contribution in [0.25, 0.3) is 10.9 Å². The summed E-state index contributed by atoms with van der Waals surface area (Å²) in [6.07, 6.45) is 1.91. The summed E-state index contributed by atoms with van der Waals surface area (Å²) in [6, 6.07) is 7.77. The van der Waals surface area contributed by atoms with Crippen LogP contribution >= 0.6 is 12.2 Å². The van der Waals surface area contributed by atoms with Gasteiger partial charge in [-0.2, -0.15) is 0 Å². The smallest absolute Gasteiger partial charge is 0.239 e. The van der Waals surface area contributed by atoms with Crippen LogP contribution in [0.3, 0.4) is 0 Å². The molecular weight excluding hydrogens is 270 g/mol. The Labute approximate surface area is 123 Å². The van der Waals surface area contributed by atoms with Crippen molar-refractivity contribution >= 4 is 34.0 Å². The maximum atomic E-state index is 11.9. The molecule has 0 aliphatic rings. The molecular formula is C15H19N3OS. The van der Waals surface area contributed by atoms with E-state index in [1.165, 1.54) is 0 Å². The van der Waals surface area contributed by atoms with E-state index in [4.69, 9.17) is 18.0 Å². The lowest BCUT2D eigenvalue weighted by molar-refractivity contribution is -0.121. The van der Waals surface area contributed by atoms with E-state index in [0.717, 1.165) is 16.5 Å². The van der Waals surface area contributed by atoms with Gasteiger partial charge in [0.05, 0.1) is 0 Å². The van der Waals surface area contributed by atoms with Crippen LogP contribution in [0.2, 0.25) is 0 Å². The fourth-order valence-electron chi connectivity index (χ4n) is 2.00. The van der Waals surface area contributed by atoms with Crippen LogP contribution in [0.5, 0.6) is 0 Å². The Kier molecular flexibility index (Phi) is 4.39. The third-order valence-electron chi connectivity index (χ3n) is 3.08. The summed E-state index contributed by atoms with van der Waals surface area (Å²) >= 11 is 4.99. The molecule has 0 aliphatic carbocycles. The number of fused-ring (bicyclic) bond motifs is 1. The highest BCUT2D eigenvalue weighted by Crippen LogP contribution is 2.17. The highest BCUT2D eigenvalue weighted by Gasteiger charge is 2.08. The first-order chi connectivity index (χ1) is 9.47. The molecule has 5 heteroatoms. The average Bonchev–Trinajstić information content (AvgIpc) is 2.79. The summed E-state index contributed by atoms with van der Waals surface area (Å²) in [4.78, 5) is 12.3. The van der Waals surface area contributed by atoms with Gasteiger partial charge < -0.3 is 15.6 Å². The van der Waals surface area contributed by atoms with Gasteiger partial charge in [-0.25, -0.2) is 0 Å². The van der Waals surface area contributed by atoms with Crippen LogP contribution in [0.15, 0.2) is 30.5 Å². The molecule has 0 aliphatic heterocycles. The molecule has 4 nitrogen and oxygen atoms in total. The fourth-order valence-corrected chi connectivity index (χ4v) is 2.13. The van der Waals surface area contributed by atoms with E-state index in [9.17, 15) is 4.79 Å². The quantitative estimate of drug-likeness (QED) is 0.828. The monoisotopic (exact) mass is 289 g/mol. The molecule has 0 radical (unpaired) electrons. The number of hydrogen-bond acceptors (Lipinski definition) is 2. The topological polar surface area (TPSA) is 60.0 Å². The minimum absolute atomic E-state index is 0.0110. The zero-order valence-corrected chi connectivity index (χ0v) is 12.5. The molecule has 20 heavy (non-hydrogen) atoms. The van der Waals surface area contributed by atoms with E-state index in [1.54, 1.807) is 0 Å². The van der Waals surface area contributed by atoms with Crippen LogP contribution in [0, 0.1) is 5.92 Å². The average molecular weight is 289 g/mol. The number of benzene rings is 1. The van der Waals surface area contributed by atoms with Gasteiger partial charge in [0.15, 0.2) is 0 Å². The number of amides is 1. The second-order valence-electron chi connectivity index (χ2n) is 5.28. The molecule has 3 N–H and O–H groups in total. The Morgan fingerprint density at radius 3 is 2.80 bits per heavy atom. The molecule has 2 rings (SSSR count). The third-order valence-corrected chi connectivity index (χ3v) is 3.32. The predicted octanol–water partition coefficient (Wildman–Crippen LogP) is 2.05. The van der Waals surface area contributed by atoms with E-state index < -0.39 is 0 Å². The van der Waals surface area contributed by atoms with Gasteiger partial charge in [-0.15, -0.1) is 0 Å². The molecule has 0 unspecified atom stereocenters. The van der Waals surface area contributed by atoms with Crippen molar-refractivity contribution in [3.63, 3.8) is 0 Å². The van der Waals surface area contributed by atoms with E-state index >= 15 is 0 Å². The minimum Gasteiger partial charge on any atom is -0.389 e. The summed E-state index contributed by atoms with van der Waals surface area (Å²) in [5, 5.41) is 3.98. The largest absolute Gasteiger partial charge is 0.389 e. The summed E-state index contributed by atoms with van der Waals surface area (Å²) in [6.45, 7) is 5.13. The fraction of sp³-hybridized carbons (Fsp3) is 0.333. The zero-order valence-electron chi connectivity index (χ0n) is 11.7. The number of nitrogens with one attached hydrogen (secondary N) is 1. The molecule has 0 saturated heterocycles. The lowest BCUT2D eigenvalue weighted by Gasteiger charge is -2.09. The Bertz CT molecular complexity index is 646. The Morgan fingerprint density at radius 2 is 2.15 bits per heavy atom. The van der Waals surface area contributed by atoms with Gasteiger partial charge in [0.1, 0.15) is 11.5 Å². The second-order valence-corrected chi connectivity index (χ2v) is 5.72. The standard InChI is InChI=1S/C15H19N3OS/c1-10(2)8-17-14(19)9-18-6-5-11-3-4-12(15(16)20)7-13(11)18/h3-7,10H,8-9H2,1-2H3,(H2,16,20)(H,17,19). The van der Waals surface area contributed by atoms with Crippen LogP contribution in [0.1, 0.15) is 19.4 Å². The SMILES string of the molecule is CC(C)CNC(=O)Cn1ccc2ccc(C(N)=S)cc21. The number of nitrogens with two attached hydrogens (primary N) is 1. The Hall–Kier alpha value is -1.88. The molecule has 0 fully saturated rings. The van der Waals surface area contributed by atoms with Gasteiger partial charge >= 0.3 is 0 Å². The van der Waals surface area contributed by atoms with Crippen LogP contribution in [-0.4, -0.2) is 22.0 Å². The number of thiocarbonyl (C=S) groups is 1. The number of nitrogens with zero attached hydrogens (tertiary/aromatic N) is 1. The highest BCUT2D eigenvalue weighted by molar-refractivity contribution is 7.80. The summed E-state index contributed by atoms with van der Waals surface area (Å²) in [5.74, 6) is 0.457. The Balaban J connectivity index is 2.19. The number of rotatable bonds is 5. The molecule has 2 aromatic rings. The lowest BCUT2D eigenvalue weighted by atomic mass is 10.1. The first kappa shape index (κ1) is 14.5. The third kappa shape index (κ3) is 3.36. The number of carbonyl (C=O) groups excluding carboxylic acids is 1. The maximum Gasteiger partial charge on any atom is 0.239 e. The molecule has 0 bridgehead atoms. The van der Waals surface area contributed by atoms with Crippen molar-refractivity contribution in [2.75, 3.05) is 6.54 Å².